The largest absolute Gasteiger partial charge is 0.320 e. The molecule has 0 aliphatic carbocycles. The van der Waals surface area contributed by atoms with Gasteiger partial charge in [0.05, 0.1) is 6.54 Å². The fraction of sp³-hybridized carbons (Fsp3) is 0.273. The number of nitrogens with two attached hydrogens (primary N) is 1. The quantitative estimate of drug-likeness (QED) is 0.572. The molecule has 0 bridgehead atoms. The highest BCUT2D eigenvalue weighted by atomic mass is 14.5. The van der Waals surface area contributed by atoms with Gasteiger partial charge in [-0.2, -0.15) is 0 Å². The Morgan fingerprint density at radius 1 is 1.33 bits per heavy atom. The number of hydrogen-bond acceptors (Lipinski definition) is 1. The van der Waals surface area contributed by atoms with Crippen LogP contribution in [0.25, 0.3) is 0 Å². The lowest BCUT2D eigenvalue weighted by atomic mass is 10.1. The van der Waals surface area contributed by atoms with E-state index < -0.39 is 0 Å². The van der Waals surface area contributed by atoms with Gasteiger partial charge in [0.1, 0.15) is 0 Å². The third kappa shape index (κ3) is 2.11. The number of hydrogen-bond donors (Lipinski definition) is 1. The molecule has 12 heavy (non-hydrogen) atoms. The van der Waals surface area contributed by atoms with Crippen LogP contribution in [-0.4, -0.2) is 6.54 Å². The summed E-state index contributed by atoms with van der Waals surface area (Å²) in [5.74, 6) is 5.89. The molecule has 0 saturated carbocycles. The maximum Gasteiger partial charge on any atom is 0.0555 e. The average Bonchev–Trinajstić information content (AvgIpc) is 2.07. The summed E-state index contributed by atoms with van der Waals surface area (Å²) in [4.78, 5) is 0. The molecule has 0 aromatic heterocycles. The zero-order valence-electron chi connectivity index (χ0n) is 7.52. The lowest BCUT2D eigenvalue weighted by Crippen LogP contribution is -1.93. The second-order valence-corrected chi connectivity index (χ2v) is 2.82. The SMILES string of the molecule is Cc1ccc(C)c(C#CCN)c1. The molecule has 0 aliphatic heterocycles. The van der Waals surface area contributed by atoms with Gasteiger partial charge in [-0.3, -0.25) is 0 Å². The summed E-state index contributed by atoms with van der Waals surface area (Å²) in [6.45, 7) is 4.54. The summed E-state index contributed by atoms with van der Waals surface area (Å²) >= 11 is 0. The van der Waals surface area contributed by atoms with Crippen LogP contribution in [0.5, 0.6) is 0 Å². The normalized spacial score (nSPS) is 8.92. The van der Waals surface area contributed by atoms with Gasteiger partial charge in [-0.05, 0) is 31.0 Å². The Bertz CT molecular complexity index is 329. The van der Waals surface area contributed by atoms with Crippen LogP contribution >= 0.6 is 0 Å². The molecule has 62 valence electrons. The third-order valence-electron chi connectivity index (χ3n) is 1.72. The van der Waals surface area contributed by atoms with Crippen molar-refractivity contribution in [3.63, 3.8) is 0 Å². The van der Waals surface area contributed by atoms with Gasteiger partial charge in [0.25, 0.3) is 0 Å². The predicted octanol–water partition coefficient (Wildman–Crippen LogP) is 1.61. The van der Waals surface area contributed by atoms with Gasteiger partial charge in [-0.25, -0.2) is 0 Å². The fourth-order valence-corrected chi connectivity index (χ4v) is 1.02. The van der Waals surface area contributed by atoms with E-state index >= 15 is 0 Å². The van der Waals surface area contributed by atoms with Crippen molar-refractivity contribution in [1.29, 1.82) is 0 Å². The Morgan fingerprint density at radius 3 is 2.75 bits per heavy atom. The second kappa shape index (κ2) is 3.94. The van der Waals surface area contributed by atoms with Crippen LogP contribution in [0.3, 0.4) is 0 Å². The molecule has 0 fully saturated rings. The lowest BCUT2D eigenvalue weighted by Gasteiger charge is -1.98. The van der Waals surface area contributed by atoms with Crippen LogP contribution in [0.2, 0.25) is 0 Å². The predicted molar refractivity (Wildman–Crippen MR) is 51.8 cm³/mol. The molecule has 0 atom stereocenters. The van der Waals surface area contributed by atoms with Gasteiger partial charge in [0.2, 0.25) is 0 Å². The van der Waals surface area contributed by atoms with Gasteiger partial charge in [0, 0.05) is 5.56 Å². The van der Waals surface area contributed by atoms with Crippen molar-refractivity contribution < 1.29 is 0 Å². The minimum atomic E-state index is 0.424. The van der Waals surface area contributed by atoms with Crippen LogP contribution in [0.4, 0.5) is 0 Å². The van der Waals surface area contributed by atoms with Crippen LogP contribution in [0.1, 0.15) is 16.7 Å². The summed E-state index contributed by atoms with van der Waals surface area (Å²) in [7, 11) is 0. The Labute approximate surface area is 73.6 Å². The third-order valence-corrected chi connectivity index (χ3v) is 1.72. The Morgan fingerprint density at radius 2 is 2.08 bits per heavy atom. The van der Waals surface area contributed by atoms with E-state index in [1.807, 2.05) is 0 Å². The summed E-state index contributed by atoms with van der Waals surface area (Å²) in [6, 6.07) is 6.25. The first-order chi connectivity index (χ1) is 5.74. The van der Waals surface area contributed by atoms with Crippen LogP contribution in [0.15, 0.2) is 18.2 Å². The molecule has 0 saturated heterocycles. The minimum absolute atomic E-state index is 0.424. The van der Waals surface area contributed by atoms with Crippen molar-refractivity contribution in [2.75, 3.05) is 6.54 Å². The van der Waals surface area contributed by atoms with Crippen LogP contribution in [-0.2, 0) is 0 Å². The smallest absolute Gasteiger partial charge is 0.0555 e. The number of aryl methyl sites for hydroxylation is 2. The first kappa shape index (κ1) is 8.83. The molecule has 1 heteroatoms. The zero-order chi connectivity index (χ0) is 8.97. The zero-order valence-corrected chi connectivity index (χ0v) is 7.52. The first-order valence-corrected chi connectivity index (χ1v) is 4.00. The van der Waals surface area contributed by atoms with Gasteiger partial charge in [0.15, 0.2) is 0 Å². The van der Waals surface area contributed by atoms with E-state index in [0.717, 1.165) is 5.56 Å². The van der Waals surface area contributed by atoms with E-state index in [1.165, 1.54) is 11.1 Å². The molecule has 0 unspecified atom stereocenters. The monoisotopic (exact) mass is 159 g/mol. The average molecular weight is 159 g/mol. The second-order valence-electron chi connectivity index (χ2n) is 2.82. The highest BCUT2D eigenvalue weighted by Crippen LogP contribution is 2.08. The first-order valence-electron chi connectivity index (χ1n) is 4.00. The van der Waals surface area contributed by atoms with Crippen molar-refractivity contribution in [1.82, 2.24) is 0 Å². The van der Waals surface area contributed by atoms with E-state index in [0.29, 0.717) is 6.54 Å². The molecule has 0 amide bonds. The Kier molecular flexibility index (Phi) is 2.90. The maximum absolute atomic E-state index is 5.29. The summed E-state index contributed by atoms with van der Waals surface area (Å²) < 4.78 is 0. The van der Waals surface area contributed by atoms with Gasteiger partial charge in [-0.15, -0.1) is 0 Å². The minimum Gasteiger partial charge on any atom is -0.320 e. The standard InChI is InChI=1S/C11H13N/c1-9-5-6-10(2)11(8-9)4-3-7-12/h5-6,8H,7,12H2,1-2H3. The van der Waals surface area contributed by atoms with E-state index in [4.69, 9.17) is 5.73 Å². The number of rotatable bonds is 0. The molecule has 1 nitrogen and oxygen atoms in total. The van der Waals surface area contributed by atoms with Gasteiger partial charge < -0.3 is 5.73 Å². The van der Waals surface area contributed by atoms with E-state index in [9.17, 15) is 0 Å². The lowest BCUT2D eigenvalue weighted by molar-refractivity contribution is 1.30. The summed E-state index contributed by atoms with van der Waals surface area (Å²) in [5, 5.41) is 0. The molecule has 0 aliphatic rings. The number of benzene rings is 1. The molecule has 0 spiro atoms. The summed E-state index contributed by atoms with van der Waals surface area (Å²) in [5.41, 5.74) is 8.82. The molecule has 1 rings (SSSR count). The van der Waals surface area contributed by atoms with E-state index in [1.54, 1.807) is 0 Å². The molecule has 0 radical (unpaired) electrons. The molecule has 2 N–H and O–H groups in total. The van der Waals surface area contributed by atoms with Crippen LogP contribution < -0.4 is 5.73 Å². The molecular formula is C11H13N. The van der Waals surface area contributed by atoms with E-state index in [-0.39, 0.29) is 0 Å². The Hall–Kier alpha value is -1.26. The highest BCUT2D eigenvalue weighted by Gasteiger charge is 1.92. The molecule has 1 aromatic carbocycles. The Balaban J connectivity index is 3.05. The van der Waals surface area contributed by atoms with Crippen molar-refractivity contribution >= 4 is 0 Å². The van der Waals surface area contributed by atoms with Gasteiger partial charge in [-0.1, -0.05) is 24.0 Å². The van der Waals surface area contributed by atoms with Gasteiger partial charge >= 0.3 is 0 Å². The molecule has 0 heterocycles. The van der Waals surface area contributed by atoms with Crippen molar-refractivity contribution in [3.05, 3.63) is 34.9 Å². The highest BCUT2D eigenvalue weighted by molar-refractivity contribution is 5.42. The van der Waals surface area contributed by atoms with Crippen molar-refractivity contribution in [2.24, 2.45) is 5.73 Å². The van der Waals surface area contributed by atoms with E-state index in [2.05, 4.69) is 43.9 Å². The summed E-state index contributed by atoms with van der Waals surface area (Å²) in [6.07, 6.45) is 0. The van der Waals surface area contributed by atoms with Crippen molar-refractivity contribution in [3.8, 4) is 11.8 Å². The molecule has 1 aromatic rings. The fourth-order valence-electron chi connectivity index (χ4n) is 1.02. The van der Waals surface area contributed by atoms with Crippen molar-refractivity contribution in [2.45, 2.75) is 13.8 Å². The van der Waals surface area contributed by atoms with Crippen LogP contribution in [0, 0.1) is 25.7 Å². The maximum atomic E-state index is 5.29. The molecular weight excluding hydrogens is 146 g/mol. The topological polar surface area (TPSA) is 26.0 Å².